The summed E-state index contributed by atoms with van der Waals surface area (Å²) in [6.07, 6.45) is 3.33. The summed E-state index contributed by atoms with van der Waals surface area (Å²) in [5.74, 6) is 0.519. The van der Waals surface area contributed by atoms with E-state index in [1.54, 1.807) is 7.11 Å². The summed E-state index contributed by atoms with van der Waals surface area (Å²) in [5, 5.41) is 6.84. The molecule has 3 N–H and O–H groups in total. The number of hydrogen-bond acceptors (Lipinski definition) is 3. The van der Waals surface area contributed by atoms with E-state index in [1.807, 2.05) is 6.07 Å². The number of anilines is 1. The highest BCUT2D eigenvalue weighted by molar-refractivity contribution is 5.62. The minimum Gasteiger partial charge on any atom is -0.382 e. The molecule has 0 spiro atoms. The van der Waals surface area contributed by atoms with Gasteiger partial charge in [-0.15, -0.1) is 0 Å². The SMILES string of the molecule is COC1(Cc2ccc(-c3cc(N)n[nH]3)cc2)CC1. The molecule has 18 heavy (non-hydrogen) atoms. The first-order valence-electron chi connectivity index (χ1n) is 6.16. The first kappa shape index (κ1) is 11.3. The smallest absolute Gasteiger partial charge is 0.145 e. The number of H-pyrrole nitrogens is 1. The summed E-state index contributed by atoms with van der Waals surface area (Å²) in [7, 11) is 1.80. The van der Waals surface area contributed by atoms with Crippen molar-refractivity contribution in [3.8, 4) is 11.3 Å². The van der Waals surface area contributed by atoms with Gasteiger partial charge in [-0.05, 0) is 24.0 Å². The molecule has 0 amide bonds. The molecule has 1 heterocycles. The molecule has 1 saturated carbocycles. The van der Waals surface area contributed by atoms with Crippen molar-refractivity contribution in [2.45, 2.75) is 24.9 Å². The number of benzene rings is 1. The summed E-state index contributed by atoms with van der Waals surface area (Å²) < 4.78 is 5.54. The minimum atomic E-state index is 0.111. The number of hydrogen-bond donors (Lipinski definition) is 2. The van der Waals surface area contributed by atoms with Crippen LogP contribution in [0.5, 0.6) is 0 Å². The third kappa shape index (κ3) is 2.11. The summed E-state index contributed by atoms with van der Waals surface area (Å²) in [6, 6.07) is 10.3. The second-order valence-electron chi connectivity index (χ2n) is 4.97. The molecule has 94 valence electrons. The van der Waals surface area contributed by atoms with Gasteiger partial charge in [0, 0.05) is 19.6 Å². The Morgan fingerprint density at radius 3 is 2.56 bits per heavy atom. The average Bonchev–Trinajstić information content (AvgIpc) is 3.03. The Bertz CT molecular complexity index is 540. The maximum Gasteiger partial charge on any atom is 0.145 e. The van der Waals surface area contributed by atoms with Crippen molar-refractivity contribution in [3.05, 3.63) is 35.9 Å². The number of rotatable bonds is 4. The van der Waals surface area contributed by atoms with E-state index < -0.39 is 0 Å². The Hall–Kier alpha value is -1.81. The van der Waals surface area contributed by atoms with Gasteiger partial charge in [-0.1, -0.05) is 24.3 Å². The van der Waals surface area contributed by atoms with Crippen molar-refractivity contribution < 1.29 is 4.74 Å². The second-order valence-corrected chi connectivity index (χ2v) is 4.97. The number of nitrogens with one attached hydrogen (secondary N) is 1. The molecule has 0 atom stereocenters. The van der Waals surface area contributed by atoms with Crippen molar-refractivity contribution in [2.24, 2.45) is 0 Å². The van der Waals surface area contributed by atoms with Crippen molar-refractivity contribution in [3.63, 3.8) is 0 Å². The molecule has 1 aliphatic carbocycles. The van der Waals surface area contributed by atoms with Gasteiger partial charge in [-0.25, -0.2) is 0 Å². The van der Waals surface area contributed by atoms with Crippen LogP contribution in [0.3, 0.4) is 0 Å². The number of methoxy groups -OCH3 is 1. The topological polar surface area (TPSA) is 63.9 Å². The van der Waals surface area contributed by atoms with Crippen LogP contribution < -0.4 is 5.73 Å². The van der Waals surface area contributed by atoms with Gasteiger partial charge in [-0.2, -0.15) is 5.10 Å². The third-order valence-corrected chi connectivity index (χ3v) is 3.63. The molecule has 0 aliphatic heterocycles. The van der Waals surface area contributed by atoms with E-state index in [2.05, 4.69) is 34.5 Å². The van der Waals surface area contributed by atoms with Crippen LogP contribution in [0.1, 0.15) is 18.4 Å². The van der Waals surface area contributed by atoms with Gasteiger partial charge >= 0.3 is 0 Å². The molecule has 1 aromatic heterocycles. The minimum absolute atomic E-state index is 0.111. The van der Waals surface area contributed by atoms with Crippen LogP contribution >= 0.6 is 0 Å². The molecular formula is C14H17N3O. The molecule has 1 aromatic carbocycles. The molecule has 3 rings (SSSR count). The van der Waals surface area contributed by atoms with Gasteiger partial charge < -0.3 is 10.5 Å². The van der Waals surface area contributed by atoms with E-state index in [4.69, 9.17) is 10.5 Å². The predicted octanol–water partition coefficient (Wildman–Crippen LogP) is 2.38. The van der Waals surface area contributed by atoms with Gasteiger partial charge in [0.05, 0.1) is 11.3 Å². The molecule has 1 aliphatic rings. The quantitative estimate of drug-likeness (QED) is 0.866. The monoisotopic (exact) mass is 243 g/mol. The number of nitrogen functional groups attached to an aromatic ring is 1. The highest BCUT2D eigenvalue weighted by Gasteiger charge is 2.42. The van der Waals surface area contributed by atoms with E-state index in [0.717, 1.165) is 17.7 Å². The molecule has 4 heteroatoms. The number of nitrogens with two attached hydrogens (primary N) is 1. The summed E-state index contributed by atoms with van der Waals surface area (Å²) in [5.41, 5.74) is 9.07. The zero-order valence-corrected chi connectivity index (χ0v) is 10.4. The number of nitrogens with zero attached hydrogens (tertiary/aromatic N) is 1. The Morgan fingerprint density at radius 1 is 1.33 bits per heavy atom. The lowest BCUT2D eigenvalue weighted by Gasteiger charge is -2.13. The van der Waals surface area contributed by atoms with E-state index in [9.17, 15) is 0 Å². The Labute approximate surface area is 106 Å². The zero-order valence-electron chi connectivity index (χ0n) is 10.4. The van der Waals surface area contributed by atoms with Crippen LogP contribution in [0.15, 0.2) is 30.3 Å². The molecule has 0 bridgehead atoms. The first-order valence-corrected chi connectivity index (χ1v) is 6.16. The third-order valence-electron chi connectivity index (χ3n) is 3.63. The van der Waals surface area contributed by atoms with Crippen molar-refractivity contribution >= 4 is 5.82 Å². The lowest BCUT2D eigenvalue weighted by atomic mass is 10.0. The molecule has 1 fully saturated rings. The zero-order chi connectivity index (χ0) is 12.6. The lowest BCUT2D eigenvalue weighted by molar-refractivity contribution is 0.0807. The standard InChI is InChI=1S/C14H17N3O/c1-18-14(6-7-14)9-10-2-4-11(5-3-10)12-8-13(15)17-16-12/h2-5,8H,6-7,9H2,1H3,(H3,15,16,17). The van der Waals surface area contributed by atoms with Crippen LogP contribution in [0.25, 0.3) is 11.3 Å². The van der Waals surface area contributed by atoms with Crippen LogP contribution in [-0.4, -0.2) is 22.9 Å². The van der Waals surface area contributed by atoms with E-state index >= 15 is 0 Å². The fraction of sp³-hybridized carbons (Fsp3) is 0.357. The van der Waals surface area contributed by atoms with Gasteiger partial charge in [-0.3, -0.25) is 5.10 Å². The summed E-state index contributed by atoms with van der Waals surface area (Å²) >= 11 is 0. The maximum absolute atomic E-state index is 5.60. The van der Waals surface area contributed by atoms with Gasteiger partial charge in [0.2, 0.25) is 0 Å². The van der Waals surface area contributed by atoms with Crippen LogP contribution in [-0.2, 0) is 11.2 Å². The van der Waals surface area contributed by atoms with Crippen molar-refractivity contribution in [1.29, 1.82) is 0 Å². The van der Waals surface area contributed by atoms with Gasteiger partial charge in [0.15, 0.2) is 0 Å². The molecule has 0 unspecified atom stereocenters. The number of aromatic amines is 1. The molecule has 0 saturated heterocycles. The van der Waals surface area contributed by atoms with Gasteiger partial charge in [0.1, 0.15) is 5.82 Å². The number of ether oxygens (including phenoxy) is 1. The fourth-order valence-corrected chi connectivity index (χ4v) is 2.25. The molecule has 2 aromatic rings. The maximum atomic E-state index is 5.60. The number of aromatic nitrogens is 2. The Kier molecular flexibility index (Phi) is 2.59. The molecule has 0 radical (unpaired) electrons. The second kappa shape index (κ2) is 4.14. The predicted molar refractivity (Wildman–Crippen MR) is 71.1 cm³/mol. The van der Waals surface area contributed by atoms with Crippen LogP contribution in [0, 0.1) is 0 Å². The lowest BCUT2D eigenvalue weighted by Crippen LogP contribution is -2.14. The highest BCUT2D eigenvalue weighted by Crippen LogP contribution is 2.41. The van der Waals surface area contributed by atoms with Crippen molar-refractivity contribution in [1.82, 2.24) is 10.2 Å². The normalized spacial score (nSPS) is 16.7. The van der Waals surface area contributed by atoms with E-state index in [1.165, 1.54) is 18.4 Å². The largest absolute Gasteiger partial charge is 0.382 e. The van der Waals surface area contributed by atoms with Crippen LogP contribution in [0.2, 0.25) is 0 Å². The average molecular weight is 243 g/mol. The van der Waals surface area contributed by atoms with E-state index in [-0.39, 0.29) is 5.60 Å². The van der Waals surface area contributed by atoms with Gasteiger partial charge in [0.25, 0.3) is 0 Å². The first-order chi connectivity index (χ1) is 8.71. The summed E-state index contributed by atoms with van der Waals surface area (Å²) in [6.45, 7) is 0. The fourth-order valence-electron chi connectivity index (χ4n) is 2.25. The Balaban J connectivity index is 1.77. The van der Waals surface area contributed by atoms with Crippen LogP contribution in [0.4, 0.5) is 5.82 Å². The Morgan fingerprint density at radius 2 is 2.06 bits per heavy atom. The molecule has 4 nitrogen and oxygen atoms in total. The molecular weight excluding hydrogens is 226 g/mol. The summed E-state index contributed by atoms with van der Waals surface area (Å²) in [4.78, 5) is 0. The van der Waals surface area contributed by atoms with E-state index in [0.29, 0.717) is 5.82 Å². The highest BCUT2D eigenvalue weighted by atomic mass is 16.5. The van der Waals surface area contributed by atoms with Crippen molar-refractivity contribution in [2.75, 3.05) is 12.8 Å².